The second-order valence-electron chi connectivity index (χ2n) is 6.88. The number of carbonyl (C=O) groups is 2. The average molecular weight is 467 g/mol. The van der Waals surface area contributed by atoms with E-state index in [1.807, 2.05) is 19.1 Å². The van der Waals surface area contributed by atoms with Gasteiger partial charge in [-0.15, -0.1) is 0 Å². The summed E-state index contributed by atoms with van der Waals surface area (Å²) in [5, 5.41) is 3.88. The van der Waals surface area contributed by atoms with Crippen LogP contribution in [0, 0.1) is 0 Å². The van der Waals surface area contributed by atoms with Crippen molar-refractivity contribution in [2.75, 3.05) is 26.4 Å². The lowest BCUT2D eigenvalue weighted by Gasteiger charge is -2.29. The van der Waals surface area contributed by atoms with Crippen LogP contribution in [0.5, 0.6) is 5.75 Å². The molecule has 2 aromatic rings. The Bertz CT molecular complexity index is 846. The molecule has 0 aliphatic heterocycles. The van der Waals surface area contributed by atoms with Crippen molar-refractivity contribution in [1.82, 2.24) is 10.2 Å². The molecule has 2 rings (SSSR count). The van der Waals surface area contributed by atoms with Crippen molar-refractivity contribution in [3.8, 4) is 5.75 Å². The summed E-state index contributed by atoms with van der Waals surface area (Å²) < 4.78 is 10.9. The van der Waals surface area contributed by atoms with E-state index in [1.165, 1.54) is 4.90 Å². The number of hydrogen-bond donors (Lipinski definition) is 1. The molecule has 0 aliphatic rings. The molecule has 2 aromatic carbocycles. The van der Waals surface area contributed by atoms with Crippen molar-refractivity contribution >= 4 is 35.0 Å². The third-order valence-electron chi connectivity index (χ3n) is 4.59. The second kappa shape index (κ2) is 13.2. The summed E-state index contributed by atoms with van der Waals surface area (Å²) in [6.07, 6.45) is 0.701. The van der Waals surface area contributed by atoms with Crippen LogP contribution < -0.4 is 10.1 Å². The first-order valence-corrected chi connectivity index (χ1v) is 10.9. The summed E-state index contributed by atoms with van der Waals surface area (Å²) in [6.45, 7) is 5.31. The van der Waals surface area contributed by atoms with Crippen molar-refractivity contribution < 1.29 is 19.1 Å². The highest BCUT2D eigenvalue weighted by Gasteiger charge is 2.26. The molecule has 0 spiro atoms. The molecule has 2 amide bonds. The van der Waals surface area contributed by atoms with Crippen LogP contribution in [-0.4, -0.2) is 49.1 Å². The Labute approximate surface area is 193 Å². The number of nitrogens with zero attached hydrogens (tertiary/aromatic N) is 1. The number of amides is 2. The lowest BCUT2D eigenvalue weighted by atomic mass is 10.1. The Morgan fingerprint density at radius 3 is 2.48 bits per heavy atom. The number of para-hydroxylation sites is 1. The standard InChI is InChI=1S/C23H28Cl2N2O4/c1-3-30-14-6-13-26-23(29)17(2)27(15-18-9-11-19(24)12-10-18)22(28)16-31-21-8-5-4-7-20(21)25/h4-5,7-12,17H,3,6,13-16H2,1-2H3,(H,26,29). The highest BCUT2D eigenvalue weighted by Crippen LogP contribution is 2.23. The first-order chi connectivity index (χ1) is 14.9. The fourth-order valence-corrected chi connectivity index (χ4v) is 3.15. The Morgan fingerprint density at radius 1 is 1.10 bits per heavy atom. The average Bonchev–Trinajstić information content (AvgIpc) is 2.77. The first-order valence-electron chi connectivity index (χ1n) is 10.2. The minimum Gasteiger partial charge on any atom is -0.482 e. The minimum atomic E-state index is -0.690. The Kier molecular flexibility index (Phi) is 10.6. The Morgan fingerprint density at radius 2 is 1.81 bits per heavy atom. The Hall–Kier alpha value is -2.28. The van der Waals surface area contributed by atoms with Crippen LogP contribution >= 0.6 is 23.2 Å². The van der Waals surface area contributed by atoms with Gasteiger partial charge in [0, 0.05) is 31.3 Å². The summed E-state index contributed by atoms with van der Waals surface area (Å²) in [7, 11) is 0. The SMILES string of the molecule is CCOCCCNC(=O)C(C)N(Cc1ccc(Cl)cc1)C(=O)COc1ccccc1Cl. The lowest BCUT2D eigenvalue weighted by molar-refractivity contribution is -0.142. The van der Waals surface area contributed by atoms with E-state index in [1.54, 1.807) is 43.3 Å². The van der Waals surface area contributed by atoms with Gasteiger partial charge in [-0.2, -0.15) is 0 Å². The number of carbonyl (C=O) groups excluding carboxylic acids is 2. The van der Waals surface area contributed by atoms with Crippen LogP contribution in [0.4, 0.5) is 0 Å². The van der Waals surface area contributed by atoms with Crippen LogP contribution in [0.25, 0.3) is 0 Å². The predicted octanol–water partition coefficient (Wildman–Crippen LogP) is 4.33. The van der Waals surface area contributed by atoms with Crippen molar-refractivity contribution in [2.45, 2.75) is 32.9 Å². The van der Waals surface area contributed by atoms with E-state index < -0.39 is 6.04 Å². The van der Waals surface area contributed by atoms with Gasteiger partial charge in [0.1, 0.15) is 11.8 Å². The predicted molar refractivity (Wildman–Crippen MR) is 123 cm³/mol. The second-order valence-corrected chi connectivity index (χ2v) is 7.73. The van der Waals surface area contributed by atoms with Crippen LogP contribution in [0.1, 0.15) is 25.8 Å². The van der Waals surface area contributed by atoms with Crippen LogP contribution in [-0.2, 0) is 20.9 Å². The highest BCUT2D eigenvalue weighted by atomic mass is 35.5. The van der Waals surface area contributed by atoms with Gasteiger partial charge in [-0.05, 0) is 50.1 Å². The molecule has 0 fully saturated rings. The highest BCUT2D eigenvalue weighted by molar-refractivity contribution is 6.32. The van der Waals surface area contributed by atoms with E-state index >= 15 is 0 Å². The van der Waals surface area contributed by atoms with Gasteiger partial charge in [-0.3, -0.25) is 9.59 Å². The number of halogens is 2. The van der Waals surface area contributed by atoms with Crippen LogP contribution in [0.2, 0.25) is 10.0 Å². The smallest absolute Gasteiger partial charge is 0.261 e. The summed E-state index contributed by atoms with van der Waals surface area (Å²) in [5.41, 5.74) is 0.853. The number of nitrogens with one attached hydrogen (secondary N) is 1. The van der Waals surface area contributed by atoms with Gasteiger partial charge in [0.2, 0.25) is 5.91 Å². The molecular weight excluding hydrogens is 439 g/mol. The summed E-state index contributed by atoms with van der Waals surface area (Å²) >= 11 is 12.1. The van der Waals surface area contributed by atoms with E-state index in [-0.39, 0.29) is 25.0 Å². The van der Waals surface area contributed by atoms with Gasteiger partial charge >= 0.3 is 0 Å². The van der Waals surface area contributed by atoms with Crippen molar-refractivity contribution in [2.24, 2.45) is 0 Å². The molecule has 31 heavy (non-hydrogen) atoms. The monoisotopic (exact) mass is 466 g/mol. The molecule has 0 saturated carbocycles. The largest absolute Gasteiger partial charge is 0.482 e. The molecule has 0 radical (unpaired) electrons. The quantitative estimate of drug-likeness (QED) is 0.472. The molecule has 0 aliphatic carbocycles. The zero-order valence-electron chi connectivity index (χ0n) is 17.8. The van der Waals surface area contributed by atoms with E-state index in [9.17, 15) is 9.59 Å². The van der Waals surface area contributed by atoms with E-state index in [2.05, 4.69) is 5.32 Å². The number of ether oxygens (including phenoxy) is 2. The van der Waals surface area contributed by atoms with Gasteiger partial charge in [0.25, 0.3) is 5.91 Å². The van der Waals surface area contributed by atoms with Gasteiger partial charge in [0.05, 0.1) is 5.02 Å². The summed E-state index contributed by atoms with van der Waals surface area (Å²) in [4.78, 5) is 27.1. The maximum Gasteiger partial charge on any atom is 0.261 e. The van der Waals surface area contributed by atoms with Gasteiger partial charge < -0.3 is 19.7 Å². The maximum absolute atomic E-state index is 13.0. The normalized spacial score (nSPS) is 11.6. The van der Waals surface area contributed by atoms with Gasteiger partial charge in [-0.1, -0.05) is 47.5 Å². The van der Waals surface area contributed by atoms with E-state index in [4.69, 9.17) is 32.7 Å². The molecular formula is C23H28Cl2N2O4. The molecule has 0 heterocycles. The zero-order valence-corrected chi connectivity index (χ0v) is 19.3. The van der Waals surface area contributed by atoms with Gasteiger partial charge in [-0.25, -0.2) is 0 Å². The first kappa shape index (κ1) is 25.0. The number of benzene rings is 2. The summed E-state index contributed by atoms with van der Waals surface area (Å²) in [6, 6.07) is 13.4. The van der Waals surface area contributed by atoms with E-state index in [0.717, 1.165) is 5.56 Å². The van der Waals surface area contributed by atoms with Crippen molar-refractivity contribution in [3.05, 3.63) is 64.1 Å². The van der Waals surface area contributed by atoms with Crippen molar-refractivity contribution in [1.29, 1.82) is 0 Å². The molecule has 6 nitrogen and oxygen atoms in total. The summed E-state index contributed by atoms with van der Waals surface area (Å²) in [5.74, 6) is -0.152. The lowest BCUT2D eigenvalue weighted by Crippen LogP contribution is -2.49. The third kappa shape index (κ3) is 8.40. The molecule has 8 heteroatoms. The van der Waals surface area contributed by atoms with Crippen LogP contribution in [0.3, 0.4) is 0 Å². The van der Waals surface area contributed by atoms with E-state index in [0.29, 0.717) is 42.0 Å². The van der Waals surface area contributed by atoms with Crippen LogP contribution in [0.15, 0.2) is 48.5 Å². The molecule has 1 N–H and O–H groups in total. The Balaban J connectivity index is 2.05. The molecule has 0 bridgehead atoms. The molecule has 1 atom stereocenters. The minimum absolute atomic E-state index is 0.237. The fourth-order valence-electron chi connectivity index (χ4n) is 2.83. The van der Waals surface area contributed by atoms with Crippen molar-refractivity contribution in [3.63, 3.8) is 0 Å². The third-order valence-corrected chi connectivity index (χ3v) is 5.15. The topological polar surface area (TPSA) is 67.9 Å². The zero-order chi connectivity index (χ0) is 22.6. The molecule has 1 unspecified atom stereocenters. The molecule has 0 aromatic heterocycles. The number of rotatable bonds is 12. The molecule has 0 saturated heterocycles. The van der Waals surface area contributed by atoms with Gasteiger partial charge in [0.15, 0.2) is 6.61 Å². The molecule has 168 valence electrons. The fraction of sp³-hybridized carbons (Fsp3) is 0.391. The number of hydrogen-bond acceptors (Lipinski definition) is 4. The maximum atomic E-state index is 13.0.